The molecule has 1 aromatic carbocycles. The second-order valence-electron chi connectivity index (χ2n) is 5.23. The highest BCUT2D eigenvalue weighted by atomic mass is 16.4. The van der Waals surface area contributed by atoms with E-state index in [-0.39, 0.29) is 0 Å². The largest absolute Gasteiger partial charge is 0.481 e. The van der Waals surface area contributed by atoms with E-state index in [9.17, 15) is 4.79 Å². The SMILES string of the molecule is CCCCC(C)NCc1ccc(C(C)C(=O)O)cc1. The molecule has 1 aromatic rings. The number of carboxylic acids is 1. The normalized spacial score (nSPS) is 14.1. The lowest BCUT2D eigenvalue weighted by atomic mass is 10.00. The van der Waals surface area contributed by atoms with E-state index in [0.717, 1.165) is 12.1 Å². The molecule has 0 aliphatic rings. The number of carboxylic acid groups (broad SMARTS) is 1. The first-order valence-electron chi connectivity index (χ1n) is 7.09. The highest BCUT2D eigenvalue weighted by molar-refractivity contribution is 5.75. The van der Waals surface area contributed by atoms with Crippen molar-refractivity contribution in [1.29, 1.82) is 0 Å². The minimum Gasteiger partial charge on any atom is -0.481 e. The molecule has 0 aliphatic carbocycles. The van der Waals surface area contributed by atoms with Gasteiger partial charge in [0.15, 0.2) is 0 Å². The molecule has 106 valence electrons. The van der Waals surface area contributed by atoms with Crippen molar-refractivity contribution in [3.05, 3.63) is 35.4 Å². The zero-order chi connectivity index (χ0) is 14.3. The Labute approximate surface area is 116 Å². The highest BCUT2D eigenvalue weighted by Gasteiger charge is 2.12. The third kappa shape index (κ3) is 5.43. The first kappa shape index (κ1) is 15.7. The van der Waals surface area contributed by atoms with Crippen molar-refractivity contribution in [3.8, 4) is 0 Å². The lowest BCUT2D eigenvalue weighted by Gasteiger charge is -2.14. The summed E-state index contributed by atoms with van der Waals surface area (Å²) in [6.07, 6.45) is 3.68. The predicted octanol–water partition coefficient (Wildman–Crippen LogP) is 3.54. The van der Waals surface area contributed by atoms with Gasteiger partial charge in [-0.2, -0.15) is 0 Å². The maximum absolute atomic E-state index is 10.9. The van der Waals surface area contributed by atoms with Crippen LogP contribution in [-0.2, 0) is 11.3 Å². The van der Waals surface area contributed by atoms with Crippen molar-refractivity contribution < 1.29 is 9.90 Å². The minimum absolute atomic E-state index is 0.439. The fourth-order valence-electron chi connectivity index (χ4n) is 1.97. The molecule has 0 saturated heterocycles. The molecule has 2 atom stereocenters. The summed E-state index contributed by atoms with van der Waals surface area (Å²) in [6, 6.07) is 8.36. The van der Waals surface area contributed by atoms with Crippen LogP contribution >= 0.6 is 0 Å². The number of unbranched alkanes of at least 4 members (excludes halogenated alkanes) is 1. The summed E-state index contributed by atoms with van der Waals surface area (Å²) in [5.41, 5.74) is 2.06. The number of hydrogen-bond donors (Lipinski definition) is 2. The molecule has 2 unspecified atom stereocenters. The fraction of sp³-hybridized carbons (Fsp3) is 0.562. The van der Waals surface area contributed by atoms with E-state index in [0.29, 0.717) is 6.04 Å². The van der Waals surface area contributed by atoms with Crippen molar-refractivity contribution in [2.75, 3.05) is 0 Å². The van der Waals surface area contributed by atoms with Crippen LogP contribution in [0.2, 0.25) is 0 Å². The average Bonchev–Trinajstić information content (AvgIpc) is 2.42. The second kappa shape index (κ2) is 7.95. The number of nitrogens with one attached hydrogen (secondary N) is 1. The summed E-state index contributed by atoms with van der Waals surface area (Å²) in [4.78, 5) is 10.9. The maximum atomic E-state index is 10.9. The highest BCUT2D eigenvalue weighted by Crippen LogP contribution is 2.16. The van der Waals surface area contributed by atoms with Crippen LogP contribution in [0.15, 0.2) is 24.3 Å². The van der Waals surface area contributed by atoms with E-state index in [1.165, 1.54) is 24.8 Å². The van der Waals surface area contributed by atoms with Gasteiger partial charge in [-0.15, -0.1) is 0 Å². The average molecular weight is 263 g/mol. The molecule has 0 aromatic heterocycles. The van der Waals surface area contributed by atoms with Crippen LogP contribution in [0.25, 0.3) is 0 Å². The quantitative estimate of drug-likeness (QED) is 0.754. The lowest BCUT2D eigenvalue weighted by Crippen LogP contribution is -2.25. The smallest absolute Gasteiger partial charge is 0.310 e. The molecule has 0 saturated carbocycles. The Hall–Kier alpha value is -1.35. The standard InChI is InChI=1S/C16H25NO2/c1-4-5-6-12(2)17-11-14-7-9-15(10-8-14)13(3)16(18)19/h7-10,12-13,17H,4-6,11H2,1-3H3,(H,18,19). The Morgan fingerprint density at radius 1 is 1.26 bits per heavy atom. The molecule has 0 spiro atoms. The third-order valence-corrected chi connectivity index (χ3v) is 3.50. The summed E-state index contributed by atoms with van der Waals surface area (Å²) < 4.78 is 0. The summed E-state index contributed by atoms with van der Waals surface area (Å²) in [5.74, 6) is -1.22. The fourth-order valence-corrected chi connectivity index (χ4v) is 1.97. The summed E-state index contributed by atoms with van der Waals surface area (Å²) in [6.45, 7) is 6.96. The Balaban J connectivity index is 2.46. The van der Waals surface area contributed by atoms with Crippen molar-refractivity contribution in [1.82, 2.24) is 5.32 Å². The molecule has 3 heteroatoms. The van der Waals surface area contributed by atoms with Crippen molar-refractivity contribution in [2.24, 2.45) is 0 Å². The first-order valence-corrected chi connectivity index (χ1v) is 7.09. The number of hydrogen-bond acceptors (Lipinski definition) is 2. The number of benzene rings is 1. The molecule has 1 rings (SSSR count). The summed E-state index contributed by atoms with van der Waals surface area (Å²) in [5, 5.41) is 12.4. The van der Waals surface area contributed by atoms with Gasteiger partial charge in [0.1, 0.15) is 0 Å². The van der Waals surface area contributed by atoms with Crippen LogP contribution in [0.4, 0.5) is 0 Å². The van der Waals surface area contributed by atoms with Crippen LogP contribution in [-0.4, -0.2) is 17.1 Å². The topological polar surface area (TPSA) is 49.3 Å². The molecule has 0 bridgehead atoms. The van der Waals surface area contributed by atoms with E-state index in [2.05, 4.69) is 19.2 Å². The minimum atomic E-state index is -0.779. The van der Waals surface area contributed by atoms with Gasteiger partial charge in [-0.1, -0.05) is 44.0 Å². The van der Waals surface area contributed by atoms with Crippen LogP contribution in [0, 0.1) is 0 Å². The van der Waals surface area contributed by atoms with E-state index >= 15 is 0 Å². The molecule has 0 fully saturated rings. The Bertz CT molecular complexity index is 386. The van der Waals surface area contributed by atoms with Gasteiger partial charge in [0, 0.05) is 12.6 Å². The summed E-state index contributed by atoms with van der Waals surface area (Å²) >= 11 is 0. The molecule has 19 heavy (non-hydrogen) atoms. The monoisotopic (exact) mass is 263 g/mol. The van der Waals surface area contributed by atoms with Gasteiger partial charge in [-0.05, 0) is 31.4 Å². The van der Waals surface area contributed by atoms with Crippen LogP contribution in [0.3, 0.4) is 0 Å². The van der Waals surface area contributed by atoms with E-state index in [4.69, 9.17) is 5.11 Å². The van der Waals surface area contributed by atoms with Gasteiger partial charge in [-0.25, -0.2) is 0 Å². The van der Waals surface area contributed by atoms with Gasteiger partial charge >= 0.3 is 5.97 Å². The molecule has 0 aliphatic heterocycles. The van der Waals surface area contributed by atoms with Crippen molar-refractivity contribution in [3.63, 3.8) is 0 Å². The van der Waals surface area contributed by atoms with Gasteiger partial charge < -0.3 is 10.4 Å². The van der Waals surface area contributed by atoms with Gasteiger partial charge in [0.25, 0.3) is 0 Å². The molecular weight excluding hydrogens is 238 g/mol. The molecule has 0 heterocycles. The lowest BCUT2D eigenvalue weighted by molar-refractivity contribution is -0.138. The second-order valence-corrected chi connectivity index (χ2v) is 5.23. The third-order valence-electron chi connectivity index (χ3n) is 3.50. The molecule has 0 amide bonds. The molecular formula is C16H25NO2. The number of aliphatic carboxylic acids is 1. The molecule has 2 N–H and O–H groups in total. The Morgan fingerprint density at radius 2 is 1.89 bits per heavy atom. The Morgan fingerprint density at radius 3 is 2.42 bits per heavy atom. The summed E-state index contributed by atoms with van der Waals surface area (Å²) in [7, 11) is 0. The Kier molecular flexibility index (Phi) is 6.57. The van der Waals surface area contributed by atoms with Crippen LogP contribution in [0.5, 0.6) is 0 Å². The van der Waals surface area contributed by atoms with Gasteiger partial charge in [-0.3, -0.25) is 4.79 Å². The number of carbonyl (C=O) groups is 1. The van der Waals surface area contributed by atoms with E-state index in [1.807, 2.05) is 24.3 Å². The predicted molar refractivity (Wildman–Crippen MR) is 78.3 cm³/mol. The first-order chi connectivity index (χ1) is 9.04. The van der Waals surface area contributed by atoms with Gasteiger partial charge in [0.2, 0.25) is 0 Å². The van der Waals surface area contributed by atoms with Crippen molar-refractivity contribution in [2.45, 2.75) is 58.5 Å². The zero-order valence-corrected chi connectivity index (χ0v) is 12.1. The number of rotatable bonds is 8. The van der Waals surface area contributed by atoms with Crippen LogP contribution in [0.1, 0.15) is 57.1 Å². The van der Waals surface area contributed by atoms with Gasteiger partial charge in [0.05, 0.1) is 5.92 Å². The van der Waals surface area contributed by atoms with E-state index in [1.54, 1.807) is 6.92 Å². The maximum Gasteiger partial charge on any atom is 0.310 e. The van der Waals surface area contributed by atoms with E-state index < -0.39 is 11.9 Å². The molecule has 0 radical (unpaired) electrons. The zero-order valence-electron chi connectivity index (χ0n) is 12.1. The van der Waals surface area contributed by atoms with Crippen LogP contribution < -0.4 is 5.32 Å². The molecule has 3 nitrogen and oxygen atoms in total. The van der Waals surface area contributed by atoms with Crippen molar-refractivity contribution >= 4 is 5.97 Å².